The van der Waals surface area contributed by atoms with Crippen LogP contribution in [0.2, 0.25) is 5.02 Å². The van der Waals surface area contributed by atoms with Gasteiger partial charge < -0.3 is 14.2 Å². The predicted molar refractivity (Wildman–Crippen MR) is 136 cm³/mol. The van der Waals surface area contributed by atoms with Crippen molar-refractivity contribution in [2.45, 2.75) is 12.6 Å². The number of nitrogens with zero attached hydrogens (tertiary/aromatic N) is 4. The maximum absolute atomic E-state index is 12.6. The van der Waals surface area contributed by atoms with Crippen LogP contribution in [0.4, 0.5) is 0 Å². The average molecular weight is 481 g/mol. The molecule has 172 valence electrons. The quantitative estimate of drug-likeness (QED) is 0.381. The summed E-state index contributed by atoms with van der Waals surface area (Å²) in [4.78, 5) is 16.9. The van der Waals surface area contributed by atoms with E-state index in [4.69, 9.17) is 16.9 Å². The molecule has 0 aliphatic carbocycles. The van der Waals surface area contributed by atoms with Gasteiger partial charge in [0.1, 0.15) is 6.10 Å². The Morgan fingerprint density at radius 3 is 2.63 bits per heavy atom. The second-order valence-corrected chi connectivity index (χ2v) is 8.84. The van der Waals surface area contributed by atoms with E-state index in [0.29, 0.717) is 28.4 Å². The highest BCUT2D eigenvalue weighted by Gasteiger charge is 2.16. The van der Waals surface area contributed by atoms with Gasteiger partial charge in [-0.1, -0.05) is 41.9 Å². The van der Waals surface area contributed by atoms with E-state index in [1.807, 2.05) is 34.9 Å². The van der Waals surface area contributed by atoms with E-state index < -0.39 is 6.10 Å². The lowest BCUT2D eigenvalue weighted by atomic mass is 9.99. The third-order valence-corrected chi connectivity index (χ3v) is 6.41. The molecule has 1 atom stereocenters. The molecule has 0 fully saturated rings. The van der Waals surface area contributed by atoms with Crippen molar-refractivity contribution in [3.63, 3.8) is 0 Å². The third-order valence-electron chi connectivity index (χ3n) is 6.18. The van der Waals surface area contributed by atoms with Crippen molar-refractivity contribution in [1.82, 2.24) is 14.1 Å². The first kappa shape index (κ1) is 22.6. The molecule has 0 saturated carbocycles. The molecule has 0 aliphatic heterocycles. The Morgan fingerprint density at radius 2 is 1.89 bits per heavy atom. The smallest absolute Gasteiger partial charge is 0.251 e. The number of rotatable bonds is 5. The summed E-state index contributed by atoms with van der Waals surface area (Å²) in [6, 6.07) is 24.0. The van der Waals surface area contributed by atoms with Crippen LogP contribution in [0.15, 0.2) is 90.1 Å². The number of nitriles is 1. The van der Waals surface area contributed by atoms with Gasteiger partial charge in [-0.15, -0.1) is 0 Å². The van der Waals surface area contributed by atoms with Gasteiger partial charge in [0.15, 0.2) is 0 Å². The number of benzene rings is 3. The molecule has 3 aromatic carbocycles. The van der Waals surface area contributed by atoms with E-state index in [9.17, 15) is 9.90 Å². The Bertz CT molecular complexity index is 1640. The molecule has 5 rings (SSSR count). The number of aliphatic hydroxyl groups is 1. The van der Waals surface area contributed by atoms with Gasteiger partial charge >= 0.3 is 0 Å². The van der Waals surface area contributed by atoms with Crippen LogP contribution in [0.1, 0.15) is 28.5 Å². The van der Waals surface area contributed by atoms with Crippen LogP contribution in [0.5, 0.6) is 0 Å². The summed E-state index contributed by atoms with van der Waals surface area (Å²) in [5, 5.41) is 21.5. The zero-order valence-electron chi connectivity index (χ0n) is 18.9. The lowest BCUT2D eigenvalue weighted by Gasteiger charge is -2.16. The molecule has 7 heteroatoms. The van der Waals surface area contributed by atoms with Crippen LogP contribution in [-0.4, -0.2) is 19.2 Å². The maximum Gasteiger partial charge on any atom is 0.251 e. The van der Waals surface area contributed by atoms with Gasteiger partial charge in [0, 0.05) is 30.1 Å². The summed E-state index contributed by atoms with van der Waals surface area (Å²) in [5.41, 5.74) is 5.27. The molecular formula is C28H21ClN4O2. The molecule has 0 aliphatic rings. The van der Waals surface area contributed by atoms with Crippen molar-refractivity contribution in [3.05, 3.63) is 123 Å². The predicted octanol–water partition coefficient (Wildman–Crippen LogP) is 5.06. The number of fused-ring (bicyclic) bond motifs is 1. The van der Waals surface area contributed by atoms with Crippen molar-refractivity contribution in [2.24, 2.45) is 7.05 Å². The molecule has 0 saturated heterocycles. The van der Waals surface area contributed by atoms with Crippen LogP contribution >= 0.6 is 11.6 Å². The molecule has 0 spiro atoms. The Kier molecular flexibility index (Phi) is 5.96. The number of aromatic nitrogens is 3. The molecule has 35 heavy (non-hydrogen) atoms. The van der Waals surface area contributed by atoms with E-state index >= 15 is 0 Å². The summed E-state index contributed by atoms with van der Waals surface area (Å²) in [7, 11) is 1.76. The summed E-state index contributed by atoms with van der Waals surface area (Å²) >= 11 is 6.22. The van der Waals surface area contributed by atoms with Crippen molar-refractivity contribution in [2.75, 3.05) is 0 Å². The zero-order valence-corrected chi connectivity index (χ0v) is 19.6. The fourth-order valence-corrected chi connectivity index (χ4v) is 4.49. The normalized spacial score (nSPS) is 11.9. The molecule has 0 bridgehead atoms. The third kappa shape index (κ3) is 4.35. The van der Waals surface area contributed by atoms with Gasteiger partial charge in [0.2, 0.25) is 0 Å². The first-order valence-corrected chi connectivity index (χ1v) is 11.4. The minimum atomic E-state index is -0.881. The molecule has 2 aromatic heterocycles. The van der Waals surface area contributed by atoms with Gasteiger partial charge in [0.25, 0.3) is 5.56 Å². The van der Waals surface area contributed by atoms with Crippen LogP contribution in [0.3, 0.4) is 0 Å². The number of hydrogen-bond donors (Lipinski definition) is 1. The Labute approximate surface area is 206 Å². The minimum Gasteiger partial charge on any atom is -0.382 e. The lowest BCUT2D eigenvalue weighted by Crippen LogP contribution is -2.16. The summed E-state index contributed by atoms with van der Waals surface area (Å²) in [6.07, 6.45) is 2.45. The Morgan fingerprint density at radius 1 is 1.09 bits per heavy atom. The van der Waals surface area contributed by atoms with Crippen LogP contribution in [0, 0.1) is 11.3 Å². The fraction of sp³-hybridized carbons (Fsp3) is 0.107. The Hall–Kier alpha value is -4.18. The molecule has 5 aromatic rings. The molecule has 0 radical (unpaired) electrons. The van der Waals surface area contributed by atoms with Gasteiger partial charge in [0.05, 0.1) is 35.4 Å². The number of hydrogen-bond acceptors (Lipinski definition) is 4. The molecular weight excluding hydrogens is 460 g/mol. The number of aliphatic hydroxyl groups excluding tert-OH is 1. The van der Waals surface area contributed by atoms with Gasteiger partial charge in [-0.25, -0.2) is 4.98 Å². The van der Waals surface area contributed by atoms with Crippen molar-refractivity contribution in [1.29, 1.82) is 5.26 Å². The highest BCUT2D eigenvalue weighted by atomic mass is 35.5. The van der Waals surface area contributed by atoms with Gasteiger partial charge in [-0.2, -0.15) is 5.26 Å². The number of imidazole rings is 1. The van der Waals surface area contributed by atoms with E-state index in [0.717, 1.165) is 27.6 Å². The minimum absolute atomic E-state index is 0.0948. The standard InChI is InChI=1S/C28H21ClN4O2/c1-32-25-10-7-19(11-24(25)23(13-27(32)34)21-3-2-4-22(29)12-21)16-33-17-31-15-26(33)28(35)20-8-5-18(14-30)6-9-20/h2-13,15,17,28,35H,16H2,1H3. The van der Waals surface area contributed by atoms with E-state index in [1.165, 1.54) is 0 Å². The first-order valence-electron chi connectivity index (χ1n) is 11.0. The SMILES string of the molecule is Cn1c(=O)cc(-c2cccc(Cl)c2)c2cc(Cn3cncc3C(O)c3ccc(C#N)cc3)ccc21. The monoisotopic (exact) mass is 480 g/mol. The molecule has 2 heterocycles. The van der Waals surface area contributed by atoms with E-state index in [1.54, 1.807) is 60.5 Å². The molecule has 1 unspecified atom stereocenters. The highest BCUT2D eigenvalue weighted by Crippen LogP contribution is 2.30. The first-order chi connectivity index (χ1) is 16.9. The van der Waals surface area contributed by atoms with Crippen molar-refractivity contribution < 1.29 is 5.11 Å². The largest absolute Gasteiger partial charge is 0.382 e. The van der Waals surface area contributed by atoms with Gasteiger partial charge in [-0.05, 0) is 58.7 Å². The number of aryl methyl sites for hydroxylation is 1. The highest BCUT2D eigenvalue weighted by molar-refractivity contribution is 6.30. The molecule has 6 nitrogen and oxygen atoms in total. The van der Waals surface area contributed by atoms with E-state index in [2.05, 4.69) is 17.1 Å². The van der Waals surface area contributed by atoms with Crippen LogP contribution < -0.4 is 5.56 Å². The summed E-state index contributed by atoms with van der Waals surface area (Å²) < 4.78 is 3.52. The topological polar surface area (TPSA) is 83.8 Å². The fourth-order valence-electron chi connectivity index (χ4n) is 4.30. The Balaban J connectivity index is 1.54. The summed E-state index contributed by atoms with van der Waals surface area (Å²) in [5.74, 6) is 0. The van der Waals surface area contributed by atoms with Gasteiger partial charge in [-0.3, -0.25) is 4.79 Å². The van der Waals surface area contributed by atoms with Crippen LogP contribution in [-0.2, 0) is 13.6 Å². The average Bonchev–Trinajstić information content (AvgIpc) is 3.33. The van der Waals surface area contributed by atoms with Crippen molar-refractivity contribution in [3.8, 4) is 17.2 Å². The lowest BCUT2D eigenvalue weighted by molar-refractivity contribution is 0.210. The number of halogens is 1. The maximum atomic E-state index is 12.6. The number of pyridine rings is 1. The second-order valence-electron chi connectivity index (χ2n) is 8.40. The second kappa shape index (κ2) is 9.22. The van der Waals surface area contributed by atoms with E-state index in [-0.39, 0.29) is 5.56 Å². The summed E-state index contributed by atoms with van der Waals surface area (Å²) in [6.45, 7) is 0.483. The van der Waals surface area contributed by atoms with Crippen molar-refractivity contribution >= 4 is 22.5 Å². The van der Waals surface area contributed by atoms with Crippen LogP contribution in [0.25, 0.3) is 22.0 Å². The zero-order chi connectivity index (χ0) is 24.5. The molecule has 0 amide bonds. The molecule has 1 N–H and O–H groups in total.